The van der Waals surface area contributed by atoms with Crippen LogP contribution in [-0.2, 0) is 0 Å². The van der Waals surface area contributed by atoms with Gasteiger partial charge in [0, 0.05) is 12.2 Å². The van der Waals surface area contributed by atoms with Gasteiger partial charge in [-0.2, -0.15) is 5.26 Å². The van der Waals surface area contributed by atoms with Crippen molar-refractivity contribution in [3.05, 3.63) is 29.8 Å². The molecule has 0 aliphatic heterocycles. The van der Waals surface area contributed by atoms with Crippen molar-refractivity contribution in [1.82, 2.24) is 0 Å². The van der Waals surface area contributed by atoms with E-state index in [1.807, 2.05) is 13.8 Å². The minimum atomic E-state index is -0.185. The third-order valence-electron chi connectivity index (χ3n) is 3.43. The first-order chi connectivity index (χ1) is 8.96. The summed E-state index contributed by atoms with van der Waals surface area (Å²) in [5, 5.41) is 12.5. The van der Waals surface area contributed by atoms with E-state index < -0.39 is 0 Å². The second-order valence-electron chi connectivity index (χ2n) is 6.12. The lowest BCUT2D eigenvalue weighted by molar-refractivity contribution is 0.430. The van der Waals surface area contributed by atoms with Crippen molar-refractivity contribution in [2.45, 2.75) is 52.9 Å². The molecule has 1 N–H and O–H groups in total. The highest BCUT2D eigenvalue weighted by Crippen LogP contribution is 2.24. The van der Waals surface area contributed by atoms with Gasteiger partial charge in [-0.25, -0.2) is 0 Å². The lowest BCUT2D eigenvalue weighted by Crippen LogP contribution is -2.09. The van der Waals surface area contributed by atoms with Gasteiger partial charge in [0.1, 0.15) is 0 Å². The number of nitrogens with one attached hydrogen (secondary N) is 1. The highest BCUT2D eigenvalue weighted by Gasteiger charge is 2.15. The lowest BCUT2D eigenvalue weighted by Gasteiger charge is -2.16. The molecule has 0 saturated heterocycles. The molecule has 0 spiro atoms. The van der Waals surface area contributed by atoms with E-state index in [0.717, 1.165) is 25.8 Å². The van der Waals surface area contributed by atoms with E-state index in [-0.39, 0.29) is 5.41 Å². The van der Waals surface area contributed by atoms with Crippen molar-refractivity contribution >= 4 is 5.69 Å². The van der Waals surface area contributed by atoms with Gasteiger partial charge in [0.05, 0.1) is 11.5 Å². The number of hydrogen-bond donors (Lipinski definition) is 1. The average Bonchev–Trinajstić information content (AvgIpc) is 2.38. The average molecular weight is 258 g/mol. The standard InChI is InChI=1S/C17H26N2/c1-14(2)15-9-5-6-10-16(15)19-12-8-7-11-17(3,4)13-18/h5-6,9-10,14,19H,7-8,11-12H2,1-4H3. The Morgan fingerprint density at radius 1 is 1.21 bits per heavy atom. The van der Waals surface area contributed by atoms with Crippen LogP contribution in [0.3, 0.4) is 0 Å². The van der Waals surface area contributed by atoms with Crippen molar-refractivity contribution in [2.24, 2.45) is 5.41 Å². The first kappa shape index (κ1) is 15.6. The SMILES string of the molecule is CC(C)c1ccccc1NCCCCC(C)(C)C#N. The molecule has 0 unspecified atom stereocenters. The number of para-hydroxylation sites is 1. The number of anilines is 1. The highest BCUT2D eigenvalue weighted by atomic mass is 14.9. The maximum Gasteiger partial charge on any atom is 0.0683 e. The quantitative estimate of drug-likeness (QED) is 0.703. The number of rotatable bonds is 7. The Balaban J connectivity index is 2.37. The van der Waals surface area contributed by atoms with Gasteiger partial charge >= 0.3 is 0 Å². The molecule has 19 heavy (non-hydrogen) atoms. The van der Waals surface area contributed by atoms with Gasteiger partial charge in [0.15, 0.2) is 0 Å². The molecule has 0 fully saturated rings. The summed E-state index contributed by atoms with van der Waals surface area (Å²) >= 11 is 0. The predicted molar refractivity (Wildman–Crippen MR) is 82.3 cm³/mol. The van der Waals surface area contributed by atoms with E-state index in [2.05, 4.69) is 49.5 Å². The number of nitrogens with zero attached hydrogens (tertiary/aromatic N) is 1. The summed E-state index contributed by atoms with van der Waals surface area (Å²) in [6.07, 6.45) is 3.17. The molecule has 0 amide bonds. The molecule has 0 radical (unpaired) electrons. The third kappa shape index (κ3) is 5.34. The summed E-state index contributed by atoms with van der Waals surface area (Å²) in [4.78, 5) is 0. The predicted octanol–water partition coefficient (Wildman–Crippen LogP) is 4.94. The highest BCUT2D eigenvalue weighted by molar-refractivity contribution is 5.52. The van der Waals surface area contributed by atoms with Crippen molar-refractivity contribution in [3.63, 3.8) is 0 Å². The third-order valence-corrected chi connectivity index (χ3v) is 3.43. The smallest absolute Gasteiger partial charge is 0.0683 e. The van der Waals surface area contributed by atoms with Crippen molar-refractivity contribution in [3.8, 4) is 6.07 Å². The number of unbranched alkanes of at least 4 members (excludes halogenated alkanes) is 1. The van der Waals surface area contributed by atoms with Crippen LogP contribution in [0.2, 0.25) is 0 Å². The fourth-order valence-electron chi connectivity index (χ4n) is 2.13. The monoisotopic (exact) mass is 258 g/mol. The molecule has 0 saturated carbocycles. The van der Waals surface area contributed by atoms with E-state index in [0.29, 0.717) is 5.92 Å². The summed E-state index contributed by atoms with van der Waals surface area (Å²) in [5.41, 5.74) is 2.44. The van der Waals surface area contributed by atoms with E-state index in [4.69, 9.17) is 5.26 Å². The van der Waals surface area contributed by atoms with Gasteiger partial charge < -0.3 is 5.32 Å². The number of hydrogen-bond acceptors (Lipinski definition) is 2. The Morgan fingerprint density at radius 3 is 2.53 bits per heavy atom. The molecular weight excluding hydrogens is 232 g/mol. The minimum Gasteiger partial charge on any atom is -0.385 e. The van der Waals surface area contributed by atoms with Crippen LogP contribution < -0.4 is 5.32 Å². The Kier molecular flexibility index (Phi) is 5.89. The van der Waals surface area contributed by atoms with Crippen LogP contribution in [0.4, 0.5) is 5.69 Å². The molecule has 1 rings (SSSR count). The number of nitriles is 1. The molecule has 0 aromatic heterocycles. The topological polar surface area (TPSA) is 35.8 Å². The molecule has 1 aromatic carbocycles. The summed E-state index contributed by atoms with van der Waals surface area (Å²) in [5.74, 6) is 0.543. The summed E-state index contributed by atoms with van der Waals surface area (Å²) in [7, 11) is 0. The molecule has 1 aromatic rings. The zero-order valence-electron chi connectivity index (χ0n) is 12.7. The van der Waals surface area contributed by atoms with E-state index in [9.17, 15) is 0 Å². The fraction of sp³-hybridized carbons (Fsp3) is 0.588. The van der Waals surface area contributed by atoms with Crippen LogP contribution in [0.5, 0.6) is 0 Å². The van der Waals surface area contributed by atoms with Crippen molar-refractivity contribution in [2.75, 3.05) is 11.9 Å². The number of benzene rings is 1. The summed E-state index contributed by atoms with van der Waals surface area (Å²) < 4.78 is 0. The Morgan fingerprint density at radius 2 is 1.89 bits per heavy atom. The van der Waals surface area contributed by atoms with Crippen molar-refractivity contribution in [1.29, 1.82) is 5.26 Å². The zero-order chi connectivity index (χ0) is 14.3. The summed E-state index contributed by atoms with van der Waals surface area (Å²) in [6.45, 7) is 9.43. The van der Waals surface area contributed by atoms with Gasteiger partial charge in [0.25, 0.3) is 0 Å². The molecule has 2 heteroatoms. The van der Waals surface area contributed by atoms with E-state index in [1.165, 1.54) is 11.3 Å². The molecule has 2 nitrogen and oxygen atoms in total. The van der Waals surface area contributed by atoms with E-state index >= 15 is 0 Å². The minimum absolute atomic E-state index is 0.185. The Hall–Kier alpha value is -1.49. The van der Waals surface area contributed by atoms with E-state index in [1.54, 1.807) is 0 Å². The second-order valence-corrected chi connectivity index (χ2v) is 6.12. The molecule has 0 atom stereocenters. The first-order valence-corrected chi connectivity index (χ1v) is 7.20. The largest absolute Gasteiger partial charge is 0.385 e. The van der Waals surface area contributed by atoms with Crippen LogP contribution in [0.1, 0.15) is 58.4 Å². The van der Waals surface area contributed by atoms with Crippen LogP contribution in [0.15, 0.2) is 24.3 Å². The summed E-state index contributed by atoms with van der Waals surface area (Å²) in [6, 6.07) is 10.9. The maximum absolute atomic E-state index is 8.96. The van der Waals surface area contributed by atoms with Crippen LogP contribution >= 0.6 is 0 Å². The molecule has 0 heterocycles. The van der Waals surface area contributed by atoms with Gasteiger partial charge in [-0.1, -0.05) is 38.5 Å². The van der Waals surface area contributed by atoms with Gasteiger partial charge in [-0.15, -0.1) is 0 Å². The van der Waals surface area contributed by atoms with Gasteiger partial charge in [-0.3, -0.25) is 0 Å². The van der Waals surface area contributed by atoms with Crippen LogP contribution in [0.25, 0.3) is 0 Å². The molecule has 0 bridgehead atoms. The van der Waals surface area contributed by atoms with Gasteiger partial charge in [0.2, 0.25) is 0 Å². The van der Waals surface area contributed by atoms with Crippen molar-refractivity contribution < 1.29 is 0 Å². The van der Waals surface area contributed by atoms with Gasteiger partial charge in [-0.05, 0) is 44.2 Å². The molecule has 104 valence electrons. The second kappa shape index (κ2) is 7.19. The molecule has 0 aliphatic rings. The fourth-order valence-corrected chi connectivity index (χ4v) is 2.13. The first-order valence-electron chi connectivity index (χ1n) is 7.20. The van der Waals surface area contributed by atoms with Crippen LogP contribution in [0, 0.1) is 16.7 Å². The molecule has 0 aliphatic carbocycles. The lowest BCUT2D eigenvalue weighted by atomic mass is 9.89. The Bertz CT molecular complexity index is 427. The zero-order valence-corrected chi connectivity index (χ0v) is 12.7. The normalized spacial score (nSPS) is 11.4. The Labute approximate surface area is 117 Å². The molecular formula is C17H26N2. The van der Waals surface area contributed by atoms with Crippen LogP contribution in [-0.4, -0.2) is 6.54 Å². The maximum atomic E-state index is 8.96.